The first-order valence-corrected chi connectivity index (χ1v) is 10.4. The van der Waals surface area contributed by atoms with Gasteiger partial charge in [-0.05, 0) is 66.1 Å². The van der Waals surface area contributed by atoms with E-state index in [1.54, 1.807) is 12.1 Å². The maximum Gasteiger partial charge on any atom is 0.282 e. The lowest BCUT2D eigenvalue weighted by Crippen LogP contribution is -2.32. The van der Waals surface area contributed by atoms with Gasteiger partial charge in [0.05, 0.1) is 11.3 Å². The van der Waals surface area contributed by atoms with Crippen molar-refractivity contribution in [1.82, 2.24) is 0 Å². The zero-order valence-corrected chi connectivity index (χ0v) is 18.2. The third-order valence-corrected chi connectivity index (χ3v) is 5.47. The van der Waals surface area contributed by atoms with Crippen molar-refractivity contribution >= 4 is 34.4 Å². The Morgan fingerprint density at radius 2 is 1.47 bits per heavy atom. The van der Waals surface area contributed by atoms with E-state index in [-0.39, 0.29) is 11.3 Å². The summed E-state index contributed by atoms with van der Waals surface area (Å²) >= 11 is 0. The Morgan fingerprint density at radius 1 is 0.844 bits per heavy atom. The molecule has 0 unspecified atom stereocenters. The molecule has 6 heteroatoms. The van der Waals surface area contributed by atoms with Gasteiger partial charge >= 0.3 is 0 Å². The Balaban J connectivity index is 1.76. The summed E-state index contributed by atoms with van der Waals surface area (Å²) < 4.78 is 13.5. The van der Waals surface area contributed by atoms with Crippen molar-refractivity contribution < 1.29 is 14.0 Å². The monoisotopic (exact) mass is 429 g/mol. The number of nitrogens with one attached hydrogen (secondary N) is 1. The molecule has 0 fully saturated rings. The SMILES string of the molecule is CCc1ccc(N2C(=O)C(Nc3ccc(N(C)C)cc3)=C(c3ccc(F)cc3)C2=O)cc1. The van der Waals surface area contributed by atoms with Crippen LogP contribution in [0.2, 0.25) is 0 Å². The molecule has 0 spiro atoms. The third-order valence-electron chi connectivity index (χ3n) is 5.47. The Morgan fingerprint density at radius 3 is 2.03 bits per heavy atom. The van der Waals surface area contributed by atoms with Crippen molar-refractivity contribution in [3.05, 3.63) is 95.4 Å². The van der Waals surface area contributed by atoms with E-state index in [1.807, 2.05) is 62.3 Å². The standard InChI is InChI=1S/C26H24FN3O2/c1-4-17-5-13-22(14-6-17)30-25(31)23(18-7-9-19(27)10-8-18)24(26(30)32)28-20-11-15-21(16-12-20)29(2)3/h5-16,28H,4H2,1-3H3. The number of carbonyl (C=O) groups is 2. The number of carbonyl (C=O) groups excluding carboxylic acids is 2. The van der Waals surface area contributed by atoms with Gasteiger partial charge in [0.1, 0.15) is 11.5 Å². The van der Waals surface area contributed by atoms with Gasteiger partial charge in [0.15, 0.2) is 0 Å². The Bertz CT molecular complexity index is 1180. The van der Waals surface area contributed by atoms with Crippen LogP contribution in [0.1, 0.15) is 18.1 Å². The molecule has 0 radical (unpaired) electrons. The van der Waals surface area contributed by atoms with Crippen LogP contribution in [0, 0.1) is 5.82 Å². The molecule has 0 bridgehead atoms. The summed E-state index contributed by atoms with van der Waals surface area (Å²) in [7, 11) is 3.89. The van der Waals surface area contributed by atoms with E-state index in [0.29, 0.717) is 16.9 Å². The number of halogens is 1. The van der Waals surface area contributed by atoms with Crippen LogP contribution in [0.25, 0.3) is 5.57 Å². The molecule has 4 rings (SSSR count). The van der Waals surface area contributed by atoms with E-state index in [4.69, 9.17) is 0 Å². The average Bonchev–Trinajstić information content (AvgIpc) is 3.04. The number of hydrogen-bond acceptors (Lipinski definition) is 4. The largest absolute Gasteiger partial charge is 0.378 e. The fraction of sp³-hybridized carbons (Fsp3) is 0.154. The molecule has 162 valence electrons. The topological polar surface area (TPSA) is 52.7 Å². The van der Waals surface area contributed by atoms with Gasteiger partial charge in [0, 0.05) is 25.5 Å². The van der Waals surface area contributed by atoms with Crippen molar-refractivity contribution in [3.63, 3.8) is 0 Å². The number of anilines is 3. The molecule has 2 amide bonds. The second-order valence-electron chi connectivity index (χ2n) is 7.79. The zero-order chi connectivity index (χ0) is 22.8. The van der Waals surface area contributed by atoms with E-state index in [0.717, 1.165) is 22.6 Å². The lowest BCUT2D eigenvalue weighted by Gasteiger charge is -2.16. The van der Waals surface area contributed by atoms with Gasteiger partial charge in [-0.2, -0.15) is 0 Å². The molecule has 3 aromatic rings. The van der Waals surface area contributed by atoms with Crippen LogP contribution in [-0.2, 0) is 16.0 Å². The molecule has 3 aromatic carbocycles. The van der Waals surface area contributed by atoms with Crippen LogP contribution in [0.5, 0.6) is 0 Å². The second kappa shape index (κ2) is 8.67. The molecule has 0 saturated heterocycles. The average molecular weight is 429 g/mol. The number of rotatable bonds is 6. The minimum atomic E-state index is -0.449. The van der Waals surface area contributed by atoms with Crippen LogP contribution in [0.3, 0.4) is 0 Å². The molecular formula is C26H24FN3O2. The van der Waals surface area contributed by atoms with Crippen LogP contribution < -0.4 is 15.1 Å². The Labute approximate surface area is 186 Å². The summed E-state index contributed by atoms with van der Waals surface area (Å²) in [5.41, 5.74) is 4.15. The molecule has 0 saturated carbocycles. The lowest BCUT2D eigenvalue weighted by molar-refractivity contribution is -0.120. The van der Waals surface area contributed by atoms with Crippen LogP contribution in [0.15, 0.2) is 78.5 Å². The van der Waals surface area contributed by atoms with Gasteiger partial charge < -0.3 is 10.2 Å². The first kappa shape index (κ1) is 21.3. The van der Waals surface area contributed by atoms with Crippen molar-refractivity contribution in [3.8, 4) is 0 Å². The van der Waals surface area contributed by atoms with E-state index in [1.165, 1.54) is 24.3 Å². The summed E-state index contributed by atoms with van der Waals surface area (Å²) in [6, 6.07) is 20.5. The number of amides is 2. The second-order valence-corrected chi connectivity index (χ2v) is 7.79. The minimum absolute atomic E-state index is 0.166. The van der Waals surface area contributed by atoms with Gasteiger partial charge in [-0.3, -0.25) is 9.59 Å². The molecule has 1 aliphatic heterocycles. The highest BCUT2D eigenvalue weighted by atomic mass is 19.1. The molecule has 1 N–H and O–H groups in total. The summed E-state index contributed by atoms with van der Waals surface area (Å²) in [6.07, 6.45) is 0.858. The predicted molar refractivity (Wildman–Crippen MR) is 126 cm³/mol. The number of benzene rings is 3. The van der Waals surface area contributed by atoms with Gasteiger partial charge in [-0.15, -0.1) is 0 Å². The number of aryl methyl sites for hydroxylation is 1. The molecule has 5 nitrogen and oxygen atoms in total. The maximum absolute atomic E-state index is 13.5. The van der Waals surface area contributed by atoms with Crippen molar-refractivity contribution in [1.29, 1.82) is 0 Å². The minimum Gasteiger partial charge on any atom is -0.378 e. The predicted octanol–water partition coefficient (Wildman–Crippen LogP) is 4.85. The van der Waals surface area contributed by atoms with Crippen LogP contribution >= 0.6 is 0 Å². The fourth-order valence-corrected chi connectivity index (χ4v) is 3.63. The smallest absolute Gasteiger partial charge is 0.282 e. The number of imide groups is 1. The van der Waals surface area contributed by atoms with E-state index in [2.05, 4.69) is 5.32 Å². The van der Waals surface area contributed by atoms with Crippen LogP contribution in [-0.4, -0.2) is 25.9 Å². The first-order valence-electron chi connectivity index (χ1n) is 10.4. The Kier molecular flexibility index (Phi) is 5.77. The lowest BCUT2D eigenvalue weighted by atomic mass is 10.0. The van der Waals surface area contributed by atoms with Crippen molar-refractivity contribution in [2.45, 2.75) is 13.3 Å². The van der Waals surface area contributed by atoms with E-state index >= 15 is 0 Å². The molecule has 32 heavy (non-hydrogen) atoms. The van der Waals surface area contributed by atoms with Gasteiger partial charge in [-0.1, -0.05) is 31.2 Å². The summed E-state index contributed by atoms with van der Waals surface area (Å²) in [6.45, 7) is 2.04. The summed E-state index contributed by atoms with van der Waals surface area (Å²) in [4.78, 5) is 29.9. The highest BCUT2D eigenvalue weighted by Gasteiger charge is 2.40. The Hall–Kier alpha value is -3.93. The van der Waals surface area contributed by atoms with Crippen molar-refractivity contribution in [2.24, 2.45) is 0 Å². The van der Waals surface area contributed by atoms with E-state index in [9.17, 15) is 14.0 Å². The highest BCUT2D eigenvalue weighted by Crippen LogP contribution is 2.34. The van der Waals surface area contributed by atoms with Crippen molar-refractivity contribution in [2.75, 3.05) is 29.2 Å². The van der Waals surface area contributed by atoms with Gasteiger partial charge in [0.2, 0.25) is 0 Å². The number of nitrogens with zero attached hydrogens (tertiary/aromatic N) is 2. The van der Waals surface area contributed by atoms with Gasteiger partial charge in [0.25, 0.3) is 11.8 Å². The highest BCUT2D eigenvalue weighted by molar-refractivity contribution is 6.46. The first-order chi connectivity index (χ1) is 15.4. The normalized spacial score (nSPS) is 13.7. The van der Waals surface area contributed by atoms with Crippen LogP contribution in [0.4, 0.5) is 21.5 Å². The van der Waals surface area contributed by atoms with E-state index < -0.39 is 17.6 Å². The fourth-order valence-electron chi connectivity index (χ4n) is 3.63. The zero-order valence-electron chi connectivity index (χ0n) is 18.2. The maximum atomic E-state index is 13.5. The third kappa shape index (κ3) is 3.99. The molecule has 1 heterocycles. The molecule has 0 aromatic heterocycles. The summed E-state index contributed by atoms with van der Waals surface area (Å²) in [5, 5.41) is 3.13. The summed E-state index contributed by atoms with van der Waals surface area (Å²) in [5.74, 6) is -1.31. The molecule has 0 atom stereocenters. The quantitative estimate of drug-likeness (QED) is 0.569. The molecule has 1 aliphatic rings. The molecular weight excluding hydrogens is 405 g/mol. The van der Waals surface area contributed by atoms with Gasteiger partial charge in [-0.25, -0.2) is 9.29 Å². The number of hydrogen-bond donors (Lipinski definition) is 1. The molecule has 0 aliphatic carbocycles.